The summed E-state index contributed by atoms with van der Waals surface area (Å²) in [5.74, 6) is -1.60. The normalized spacial score (nSPS) is 14.0. The summed E-state index contributed by atoms with van der Waals surface area (Å²) < 4.78 is 5.21. The van der Waals surface area contributed by atoms with Crippen LogP contribution in [0, 0.1) is 0 Å². The first-order chi connectivity index (χ1) is 13.8. The van der Waals surface area contributed by atoms with Gasteiger partial charge in [-0.25, -0.2) is 0 Å². The number of rotatable bonds is 10. The summed E-state index contributed by atoms with van der Waals surface area (Å²) >= 11 is 0. The molecule has 0 aliphatic carbocycles. The molecule has 2 rings (SSSR count). The lowest BCUT2D eigenvalue weighted by Crippen LogP contribution is -2.39. The monoisotopic (exact) mass is 402 g/mol. The molecule has 0 radical (unpaired) electrons. The van der Waals surface area contributed by atoms with Gasteiger partial charge in [0.2, 0.25) is 0 Å². The van der Waals surface area contributed by atoms with Gasteiger partial charge in [0.1, 0.15) is 24.5 Å². The molecule has 1 amide bonds. The van der Waals surface area contributed by atoms with Crippen LogP contribution in [0.5, 0.6) is 5.75 Å². The molecule has 0 aliphatic rings. The number of hydrogen-bond acceptors (Lipinski definition) is 8. The lowest BCUT2D eigenvalue weighted by atomic mass is 10.0. The second kappa shape index (κ2) is 10.5. The van der Waals surface area contributed by atoms with E-state index in [9.17, 15) is 19.8 Å². The Kier molecular flexibility index (Phi) is 8.08. The van der Waals surface area contributed by atoms with Gasteiger partial charge < -0.3 is 31.7 Å². The number of ether oxygens (including phenoxy) is 1. The van der Waals surface area contributed by atoms with Crippen molar-refractivity contribution >= 4 is 11.9 Å². The molecule has 156 valence electrons. The molecule has 1 heterocycles. The van der Waals surface area contributed by atoms with Crippen molar-refractivity contribution in [1.82, 2.24) is 10.3 Å². The number of nitrogens with one attached hydrogen (secondary N) is 1. The zero-order valence-corrected chi connectivity index (χ0v) is 16.1. The third-order valence-electron chi connectivity index (χ3n) is 4.25. The fourth-order valence-electron chi connectivity index (χ4n) is 2.61. The Bertz CT molecular complexity index is 831. The molecule has 29 heavy (non-hydrogen) atoms. The third-order valence-corrected chi connectivity index (χ3v) is 4.25. The highest BCUT2D eigenvalue weighted by Crippen LogP contribution is 2.18. The van der Waals surface area contributed by atoms with Crippen LogP contribution in [-0.2, 0) is 16.0 Å². The van der Waals surface area contributed by atoms with E-state index in [0.717, 1.165) is 0 Å². The summed E-state index contributed by atoms with van der Waals surface area (Å²) in [6.07, 6.45) is 0.955. The van der Waals surface area contributed by atoms with Crippen molar-refractivity contribution in [1.29, 1.82) is 0 Å². The highest BCUT2D eigenvalue weighted by atomic mass is 16.5. The van der Waals surface area contributed by atoms with Crippen molar-refractivity contribution in [2.45, 2.75) is 31.5 Å². The van der Waals surface area contributed by atoms with Gasteiger partial charge in [0, 0.05) is 18.8 Å². The van der Waals surface area contributed by atoms with Gasteiger partial charge in [-0.1, -0.05) is 12.1 Å². The van der Waals surface area contributed by atoms with Crippen LogP contribution in [0.25, 0.3) is 0 Å². The van der Waals surface area contributed by atoms with E-state index >= 15 is 0 Å². The molecule has 0 fully saturated rings. The molecule has 0 aliphatic heterocycles. The van der Waals surface area contributed by atoms with E-state index in [2.05, 4.69) is 10.3 Å². The molecule has 3 atom stereocenters. The molecule has 0 bridgehead atoms. The SMILES string of the molecule is CC(COC(=O)[C@@H](N)Cc1ccc(O)c(C(N)=O)c1)NCC(O)c1ccccn1. The van der Waals surface area contributed by atoms with Crippen LogP contribution in [0.4, 0.5) is 0 Å². The van der Waals surface area contributed by atoms with Gasteiger partial charge in [0.25, 0.3) is 5.91 Å². The number of amides is 1. The van der Waals surface area contributed by atoms with Crippen LogP contribution in [0.1, 0.15) is 34.6 Å². The Morgan fingerprint density at radius 1 is 1.28 bits per heavy atom. The van der Waals surface area contributed by atoms with E-state index < -0.39 is 24.0 Å². The van der Waals surface area contributed by atoms with Crippen LogP contribution in [0.15, 0.2) is 42.6 Å². The Balaban J connectivity index is 1.78. The third kappa shape index (κ3) is 6.83. The lowest BCUT2D eigenvalue weighted by molar-refractivity contribution is -0.145. The number of primary amides is 1. The summed E-state index contributed by atoms with van der Waals surface area (Å²) in [7, 11) is 0. The lowest BCUT2D eigenvalue weighted by Gasteiger charge is -2.18. The van der Waals surface area contributed by atoms with Crippen molar-refractivity contribution < 1.29 is 24.5 Å². The van der Waals surface area contributed by atoms with Gasteiger partial charge >= 0.3 is 5.97 Å². The first-order valence-corrected chi connectivity index (χ1v) is 9.14. The Morgan fingerprint density at radius 3 is 2.69 bits per heavy atom. The number of pyridine rings is 1. The maximum absolute atomic E-state index is 12.1. The number of hydrogen-bond donors (Lipinski definition) is 5. The fraction of sp³-hybridized carbons (Fsp3) is 0.350. The first-order valence-electron chi connectivity index (χ1n) is 9.14. The topological polar surface area (TPSA) is 161 Å². The number of carbonyl (C=O) groups excluding carboxylic acids is 2. The summed E-state index contributed by atoms with van der Waals surface area (Å²) in [6.45, 7) is 2.14. The van der Waals surface area contributed by atoms with Crippen LogP contribution in [0.2, 0.25) is 0 Å². The molecule has 1 aromatic carbocycles. The number of aliphatic hydroxyl groups excluding tert-OH is 1. The minimum atomic E-state index is -0.938. The summed E-state index contributed by atoms with van der Waals surface area (Å²) in [5.41, 5.74) is 12.2. The van der Waals surface area contributed by atoms with Gasteiger partial charge in [-0.3, -0.25) is 14.6 Å². The average Bonchev–Trinajstić information content (AvgIpc) is 2.71. The molecule has 2 unspecified atom stereocenters. The number of aromatic nitrogens is 1. The summed E-state index contributed by atoms with van der Waals surface area (Å²) in [4.78, 5) is 27.5. The summed E-state index contributed by atoms with van der Waals surface area (Å²) in [5, 5.41) is 22.7. The zero-order chi connectivity index (χ0) is 21.4. The molecule has 0 spiro atoms. The van der Waals surface area contributed by atoms with Crippen LogP contribution < -0.4 is 16.8 Å². The standard InChI is InChI=1S/C20H26N4O5/c1-12(24-10-18(26)16-4-2-3-7-23-16)11-29-20(28)15(21)9-13-5-6-17(25)14(8-13)19(22)27/h2-8,12,15,18,24-26H,9-11,21H2,1H3,(H2,22,27)/t12?,15-,18?/m0/s1. The Morgan fingerprint density at radius 2 is 2.03 bits per heavy atom. The molecule has 9 nitrogen and oxygen atoms in total. The van der Waals surface area contributed by atoms with Gasteiger partial charge in [-0.15, -0.1) is 0 Å². The smallest absolute Gasteiger partial charge is 0.323 e. The van der Waals surface area contributed by atoms with Gasteiger partial charge in [0.05, 0.1) is 11.3 Å². The van der Waals surface area contributed by atoms with E-state index in [1.807, 2.05) is 6.92 Å². The molecule has 7 N–H and O–H groups in total. The number of nitrogens with zero attached hydrogens (tertiary/aromatic N) is 1. The van der Waals surface area contributed by atoms with Crippen LogP contribution in [0.3, 0.4) is 0 Å². The molecule has 0 saturated heterocycles. The van der Waals surface area contributed by atoms with E-state index in [1.54, 1.807) is 30.5 Å². The molecule has 0 saturated carbocycles. The zero-order valence-electron chi connectivity index (χ0n) is 16.1. The Labute approximate surface area is 168 Å². The van der Waals surface area contributed by atoms with Crippen molar-refractivity contribution in [2.75, 3.05) is 13.2 Å². The summed E-state index contributed by atoms with van der Waals surface area (Å²) in [6, 6.07) is 8.41. The van der Waals surface area contributed by atoms with Gasteiger partial charge in [0.15, 0.2) is 0 Å². The molecule has 9 heteroatoms. The fourth-order valence-corrected chi connectivity index (χ4v) is 2.61. The number of esters is 1. The molecule has 1 aromatic heterocycles. The molecule has 2 aromatic rings. The van der Waals surface area contributed by atoms with Gasteiger partial charge in [-0.05, 0) is 43.2 Å². The van der Waals surface area contributed by atoms with Crippen molar-refractivity contribution in [3.8, 4) is 5.75 Å². The maximum Gasteiger partial charge on any atom is 0.323 e. The minimum absolute atomic E-state index is 0.0349. The number of benzene rings is 1. The quantitative estimate of drug-likeness (QED) is 0.347. The second-order valence-corrected chi connectivity index (χ2v) is 6.74. The second-order valence-electron chi connectivity index (χ2n) is 6.74. The number of aromatic hydroxyl groups is 1. The van der Waals surface area contributed by atoms with Gasteiger partial charge in [-0.2, -0.15) is 0 Å². The Hall–Kier alpha value is -3.01. The van der Waals surface area contributed by atoms with Crippen LogP contribution in [-0.4, -0.2) is 52.3 Å². The van der Waals surface area contributed by atoms with E-state index in [-0.39, 0.29) is 36.9 Å². The predicted octanol–water partition coefficient (Wildman–Crippen LogP) is 0.0108. The average molecular weight is 402 g/mol. The van der Waals surface area contributed by atoms with E-state index in [4.69, 9.17) is 16.2 Å². The van der Waals surface area contributed by atoms with Crippen molar-refractivity contribution in [3.63, 3.8) is 0 Å². The predicted molar refractivity (Wildman–Crippen MR) is 106 cm³/mol. The first kappa shape index (κ1) is 22.3. The highest BCUT2D eigenvalue weighted by Gasteiger charge is 2.19. The van der Waals surface area contributed by atoms with E-state index in [1.165, 1.54) is 12.1 Å². The number of carbonyl (C=O) groups is 2. The maximum atomic E-state index is 12.1. The van der Waals surface area contributed by atoms with Crippen molar-refractivity contribution in [3.05, 3.63) is 59.4 Å². The molecular weight excluding hydrogens is 376 g/mol. The number of aliphatic hydroxyl groups is 1. The van der Waals surface area contributed by atoms with Crippen molar-refractivity contribution in [2.24, 2.45) is 11.5 Å². The number of nitrogens with two attached hydrogens (primary N) is 2. The van der Waals surface area contributed by atoms with E-state index in [0.29, 0.717) is 11.3 Å². The molecular formula is C20H26N4O5. The van der Waals surface area contributed by atoms with Crippen LogP contribution >= 0.6 is 0 Å². The largest absolute Gasteiger partial charge is 0.507 e. The highest BCUT2D eigenvalue weighted by molar-refractivity contribution is 5.95. The minimum Gasteiger partial charge on any atom is -0.507 e. The number of phenols is 1.